The van der Waals surface area contributed by atoms with E-state index in [1.807, 2.05) is 26.8 Å². The minimum absolute atomic E-state index is 0.269. The molecule has 0 saturated heterocycles. The van der Waals surface area contributed by atoms with Crippen molar-refractivity contribution < 1.29 is 14.3 Å². The third-order valence-corrected chi connectivity index (χ3v) is 3.78. The standard InChI is InChI=1S/C15H19NO3S/c1-5-7-8-9-12(17)16-14-13(15(18)19-6-2)10(3)11(4)20-14/h5,7-9H,6H2,1-4H3,(H,16,17)/b7-5+,9-8+. The lowest BCUT2D eigenvalue weighted by Gasteiger charge is -2.05. The zero-order chi connectivity index (χ0) is 15.1. The first kappa shape index (κ1) is 16.2. The highest BCUT2D eigenvalue weighted by Crippen LogP contribution is 2.32. The summed E-state index contributed by atoms with van der Waals surface area (Å²) in [5, 5.41) is 3.26. The van der Waals surface area contributed by atoms with Crippen LogP contribution in [-0.2, 0) is 9.53 Å². The second-order valence-corrected chi connectivity index (χ2v) is 5.31. The Balaban J connectivity index is 2.98. The number of ether oxygens (including phenoxy) is 1. The van der Waals surface area contributed by atoms with Crippen LogP contribution < -0.4 is 5.32 Å². The van der Waals surface area contributed by atoms with Crippen molar-refractivity contribution in [3.8, 4) is 0 Å². The molecule has 1 heterocycles. The van der Waals surface area contributed by atoms with Crippen molar-refractivity contribution in [2.24, 2.45) is 0 Å². The maximum atomic E-state index is 11.9. The molecule has 0 fully saturated rings. The fourth-order valence-corrected chi connectivity index (χ4v) is 2.62. The molecule has 0 bridgehead atoms. The number of nitrogens with one attached hydrogen (secondary N) is 1. The van der Waals surface area contributed by atoms with Crippen LogP contribution in [0.1, 0.15) is 34.6 Å². The first-order valence-corrected chi connectivity index (χ1v) is 7.20. The highest BCUT2D eigenvalue weighted by atomic mass is 32.1. The highest BCUT2D eigenvalue weighted by molar-refractivity contribution is 7.16. The van der Waals surface area contributed by atoms with E-state index in [9.17, 15) is 9.59 Å². The Kier molecular flexibility index (Phi) is 6.18. The smallest absolute Gasteiger partial charge is 0.341 e. The Labute approximate surface area is 123 Å². The van der Waals surface area contributed by atoms with Gasteiger partial charge in [-0.25, -0.2) is 4.79 Å². The number of amides is 1. The Morgan fingerprint density at radius 1 is 1.30 bits per heavy atom. The molecule has 5 heteroatoms. The fraction of sp³-hybridized carbons (Fsp3) is 0.333. The van der Waals surface area contributed by atoms with Gasteiger partial charge in [0.25, 0.3) is 0 Å². The molecule has 1 amide bonds. The number of rotatable bonds is 5. The van der Waals surface area contributed by atoms with Crippen molar-refractivity contribution in [1.29, 1.82) is 0 Å². The lowest BCUT2D eigenvalue weighted by atomic mass is 10.1. The van der Waals surface area contributed by atoms with E-state index in [1.54, 1.807) is 19.1 Å². The molecule has 20 heavy (non-hydrogen) atoms. The van der Waals surface area contributed by atoms with Gasteiger partial charge in [-0.05, 0) is 33.3 Å². The van der Waals surface area contributed by atoms with Gasteiger partial charge in [-0.3, -0.25) is 4.79 Å². The van der Waals surface area contributed by atoms with Gasteiger partial charge in [-0.15, -0.1) is 11.3 Å². The summed E-state index contributed by atoms with van der Waals surface area (Å²) < 4.78 is 5.03. The van der Waals surface area contributed by atoms with Crippen LogP contribution in [-0.4, -0.2) is 18.5 Å². The van der Waals surface area contributed by atoms with Gasteiger partial charge in [0.1, 0.15) is 5.00 Å². The van der Waals surface area contributed by atoms with E-state index in [2.05, 4.69) is 5.32 Å². The van der Waals surface area contributed by atoms with Crippen LogP contribution in [0.2, 0.25) is 0 Å². The third kappa shape index (κ3) is 4.06. The van der Waals surface area contributed by atoms with Gasteiger partial charge in [0, 0.05) is 11.0 Å². The SMILES string of the molecule is C/C=C/C=C/C(=O)Nc1sc(C)c(C)c1C(=O)OCC. The third-order valence-electron chi connectivity index (χ3n) is 2.65. The summed E-state index contributed by atoms with van der Waals surface area (Å²) in [6.45, 7) is 7.69. The van der Waals surface area contributed by atoms with E-state index in [0.717, 1.165) is 10.4 Å². The number of anilines is 1. The Morgan fingerprint density at radius 2 is 2.00 bits per heavy atom. The molecule has 0 aliphatic heterocycles. The van der Waals surface area contributed by atoms with Gasteiger partial charge in [-0.1, -0.05) is 18.2 Å². The predicted molar refractivity (Wildman–Crippen MR) is 82.3 cm³/mol. The number of thiophene rings is 1. The van der Waals surface area contributed by atoms with Crippen LogP contribution in [0.5, 0.6) is 0 Å². The van der Waals surface area contributed by atoms with Crippen molar-refractivity contribution in [3.63, 3.8) is 0 Å². The van der Waals surface area contributed by atoms with Crippen LogP contribution in [0.15, 0.2) is 24.3 Å². The van der Waals surface area contributed by atoms with Crippen LogP contribution in [0.4, 0.5) is 5.00 Å². The predicted octanol–water partition coefficient (Wildman–Crippen LogP) is 3.61. The summed E-state index contributed by atoms with van der Waals surface area (Å²) in [5.41, 5.74) is 1.29. The zero-order valence-electron chi connectivity index (χ0n) is 12.1. The first-order chi connectivity index (χ1) is 9.51. The topological polar surface area (TPSA) is 55.4 Å². The number of hydrogen-bond acceptors (Lipinski definition) is 4. The van der Waals surface area contributed by atoms with Crippen LogP contribution in [0.25, 0.3) is 0 Å². The molecule has 0 radical (unpaired) electrons. The van der Waals surface area contributed by atoms with Gasteiger partial charge in [0.05, 0.1) is 12.2 Å². The van der Waals surface area contributed by atoms with E-state index in [0.29, 0.717) is 17.2 Å². The number of carbonyl (C=O) groups is 2. The van der Waals surface area contributed by atoms with E-state index in [-0.39, 0.29) is 5.91 Å². The fourth-order valence-electron chi connectivity index (χ4n) is 1.57. The van der Waals surface area contributed by atoms with Gasteiger partial charge >= 0.3 is 5.97 Å². The van der Waals surface area contributed by atoms with E-state index < -0.39 is 5.97 Å². The lowest BCUT2D eigenvalue weighted by Crippen LogP contribution is -2.12. The molecule has 1 N–H and O–H groups in total. The average Bonchev–Trinajstić information content (AvgIpc) is 2.65. The molecule has 0 aromatic carbocycles. The molecule has 0 atom stereocenters. The molecule has 1 rings (SSSR count). The summed E-state index contributed by atoms with van der Waals surface area (Å²) >= 11 is 1.38. The second-order valence-electron chi connectivity index (χ2n) is 4.08. The van der Waals surface area contributed by atoms with Crippen LogP contribution >= 0.6 is 11.3 Å². The Hall–Kier alpha value is -1.88. The maximum absolute atomic E-state index is 11.9. The molecule has 108 valence electrons. The summed E-state index contributed by atoms with van der Waals surface area (Å²) in [6.07, 6.45) is 6.65. The van der Waals surface area contributed by atoms with Crippen LogP contribution in [0.3, 0.4) is 0 Å². The number of aryl methyl sites for hydroxylation is 1. The number of esters is 1. The number of carbonyl (C=O) groups excluding carboxylic acids is 2. The van der Waals surface area contributed by atoms with Gasteiger partial charge in [-0.2, -0.15) is 0 Å². The Bertz CT molecular complexity index is 556. The average molecular weight is 293 g/mol. The summed E-state index contributed by atoms with van der Waals surface area (Å²) in [6, 6.07) is 0. The summed E-state index contributed by atoms with van der Waals surface area (Å²) in [7, 11) is 0. The number of allylic oxidation sites excluding steroid dienone is 3. The molecule has 4 nitrogen and oxygen atoms in total. The van der Waals surface area contributed by atoms with Gasteiger partial charge < -0.3 is 10.1 Å². The minimum atomic E-state index is -0.401. The monoisotopic (exact) mass is 293 g/mol. The van der Waals surface area contributed by atoms with Crippen molar-refractivity contribution in [3.05, 3.63) is 40.3 Å². The molecule has 0 spiro atoms. The van der Waals surface area contributed by atoms with Crippen molar-refractivity contribution in [2.75, 3.05) is 11.9 Å². The largest absolute Gasteiger partial charge is 0.462 e. The van der Waals surface area contributed by atoms with Crippen molar-refractivity contribution in [1.82, 2.24) is 0 Å². The van der Waals surface area contributed by atoms with Gasteiger partial charge in [0.2, 0.25) is 5.91 Å². The van der Waals surface area contributed by atoms with E-state index in [1.165, 1.54) is 17.4 Å². The van der Waals surface area contributed by atoms with Crippen molar-refractivity contribution >= 4 is 28.2 Å². The quantitative estimate of drug-likeness (QED) is 0.512. The number of hydrogen-bond donors (Lipinski definition) is 1. The van der Waals surface area contributed by atoms with Gasteiger partial charge in [0.15, 0.2) is 0 Å². The van der Waals surface area contributed by atoms with Crippen LogP contribution in [0, 0.1) is 13.8 Å². The second kappa shape index (κ2) is 7.65. The molecular formula is C15H19NO3S. The minimum Gasteiger partial charge on any atom is -0.462 e. The normalized spacial score (nSPS) is 11.2. The molecular weight excluding hydrogens is 274 g/mol. The van der Waals surface area contributed by atoms with Crippen molar-refractivity contribution in [2.45, 2.75) is 27.7 Å². The summed E-state index contributed by atoms with van der Waals surface area (Å²) in [5.74, 6) is -0.669. The molecule has 0 unspecified atom stereocenters. The van der Waals surface area contributed by atoms with E-state index >= 15 is 0 Å². The first-order valence-electron chi connectivity index (χ1n) is 6.38. The molecule has 0 aliphatic rings. The van der Waals surface area contributed by atoms with E-state index in [4.69, 9.17) is 4.74 Å². The molecule has 1 aromatic rings. The molecule has 1 aromatic heterocycles. The highest BCUT2D eigenvalue weighted by Gasteiger charge is 2.21. The Morgan fingerprint density at radius 3 is 2.60 bits per heavy atom. The maximum Gasteiger partial charge on any atom is 0.341 e. The lowest BCUT2D eigenvalue weighted by molar-refractivity contribution is -0.111. The molecule has 0 aliphatic carbocycles. The zero-order valence-corrected chi connectivity index (χ0v) is 13.0. The summed E-state index contributed by atoms with van der Waals surface area (Å²) in [4.78, 5) is 24.7. The molecule has 0 saturated carbocycles.